The summed E-state index contributed by atoms with van der Waals surface area (Å²) >= 11 is 0. The minimum absolute atomic E-state index is 0.0514. The lowest BCUT2D eigenvalue weighted by molar-refractivity contribution is -0.385. The number of pyridine rings is 1. The van der Waals surface area contributed by atoms with Gasteiger partial charge in [-0.15, -0.1) is 0 Å². The summed E-state index contributed by atoms with van der Waals surface area (Å²) in [7, 11) is 0. The number of hydrogen-bond acceptors (Lipinski definition) is 5. The molecule has 0 aliphatic carbocycles. The summed E-state index contributed by atoms with van der Waals surface area (Å²) in [5, 5.41) is 13.0. The molecule has 0 aromatic carbocycles. The Balaban J connectivity index is 2.48. The molecule has 126 valence electrons. The Morgan fingerprint density at radius 3 is 2.52 bits per heavy atom. The fourth-order valence-electron chi connectivity index (χ4n) is 2.17. The molecule has 0 unspecified atom stereocenters. The number of carbonyl (C=O) groups is 2. The molecule has 0 radical (unpaired) electrons. The van der Waals surface area contributed by atoms with Crippen molar-refractivity contribution < 1.29 is 14.5 Å². The molecule has 7 nitrogen and oxygen atoms in total. The van der Waals surface area contributed by atoms with Gasteiger partial charge in [-0.1, -0.05) is 39.0 Å². The Morgan fingerprint density at radius 2 is 1.87 bits per heavy atom. The maximum absolute atomic E-state index is 12.0. The summed E-state index contributed by atoms with van der Waals surface area (Å²) in [6.07, 6.45) is 7.67. The normalized spacial score (nSPS) is 10.3. The van der Waals surface area contributed by atoms with Gasteiger partial charge in [0.05, 0.1) is 16.2 Å². The van der Waals surface area contributed by atoms with Crippen molar-refractivity contribution in [1.82, 2.24) is 10.3 Å². The van der Waals surface area contributed by atoms with Crippen LogP contribution in [0, 0.1) is 17.0 Å². The van der Waals surface area contributed by atoms with Gasteiger partial charge in [0.1, 0.15) is 6.20 Å². The van der Waals surface area contributed by atoms with Crippen LogP contribution in [-0.4, -0.2) is 21.7 Å². The lowest BCUT2D eigenvalue weighted by atomic mass is 10.1. The first-order valence-electron chi connectivity index (χ1n) is 7.91. The van der Waals surface area contributed by atoms with E-state index in [0.717, 1.165) is 37.9 Å². The topological polar surface area (TPSA) is 102 Å². The van der Waals surface area contributed by atoms with Crippen LogP contribution in [0.3, 0.4) is 0 Å². The predicted molar refractivity (Wildman–Crippen MR) is 86.1 cm³/mol. The van der Waals surface area contributed by atoms with Crippen molar-refractivity contribution in [3.63, 3.8) is 0 Å². The Hall–Kier alpha value is -2.31. The summed E-state index contributed by atoms with van der Waals surface area (Å²) in [6.45, 7) is 3.71. The molecule has 2 amide bonds. The molecule has 1 aromatic rings. The first-order chi connectivity index (χ1) is 11.0. The molecule has 0 aliphatic rings. The zero-order chi connectivity index (χ0) is 17.2. The van der Waals surface area contributed by atoms with Crippen LogP contribution < -0.4 is 5.32 Å². The van der Waals surface area contributed by atoms with Gasteiger partial charge in [0.25, 0.3) is 11.6 Å². The number of amides is 2. The van der Waals surface area contributed by atoms with Crippen molar-refractivity contribution in [1.29, 1.82) is 0 Å². The Bertz CT molecular complexity index is 572. The molecule has 0 saturated carbocycles. The second-order valence-electron chi connectivity index (χ2n) is 5.48. The van der Waals surface area contributed by atoms with Crippen LogP contribution in [0.15, 0.2) is 12.3 Å². The Kier molecular flexibility index (Phi) is 7.87. The first kappa shape index (κ1) is 18.7. The Morgan fingerprint density at radius 1 is 1.22 bits per heavy atom. The summed E-state index contributed by atoms with van der Waals surface area (Å²) in [4.78, 5) is 37.7. The number of nitro groups is 1. The number of hydrogen-bond donors (Lipinski definition) is 1. The molecule has 0 bridgehead atoms. The quantitative estimate of drug-likeness (QED) is 0.427. The molecular formula is C16H23N3O4. The van der Waals surface area contributed by atoms with Crippen LogP contribution in [0.1, 0.15) is 67.9 Å². The van der Waals surface area contributed by atoms with Gasteiger partial charge >= 0.3 is 0 Å². The summed E-state index contributed by atoms with van der Waals surface area (Å²) in [6, 6.07) is 1.13. The van der Waals surface area contributed by atoms with E-state index < -0.39 is 10.8 Å². The van der Waals surface area contributed by atoms with Crippen molar-refractivity contribution in [2.24, 2.45) is 0 Å². The average molecular weight is 321 g/mol. The highest BCUT2D eigenvalue weighted by Crippen LogP contribution is 2.14. The smallest absolute Gasteiger partial charge is 0.288 e. The molecule has 0 fully saturated rings. The van der Waals surface area contributed by atoms with Gasteiger partial charge in [0, 0.05) is 12.5 Å². The number of unbranched alkanes of at least 4 members (excludes halogenated alkanes) is 5. The van der Waals surface area contributed by atoms with Crippen LogP contribution >= 0.6 is 0 Å². The number of nitrogens with zero attached hydrogens (tertiary/aromatic N) is 2. The van der Waals surface area contributed by atoms with Gasteiger partial charge in [-0.3, -0.25) is 30.0 Å². The number of rotatable bonds is 9. The molecule has 0 aliphatic heterocycles. The highest BCUT2D eigenvalue weighted by atomic mass is 16.6. The Labute approximate surface area is 135 Å². The van der Waals surface area contributed by atoms with E-state index in [1.807, 2.05) is 0 Å². The van der Waals surface area contributed by atoms with E-state index in [-0.39, 0.29) is 23.6 Å². The van der Waals surface area contributed by atoms with E-state index in [1.54, 1.807) is 6.92 Å². The van der Waals surface area contributed by atoms with E-state index in [1.165, 1.54) is 12.8 Å². The third-order valence-corrected chi connectivity index (χ3v) is 3.54. The van der Waals surface area contributed by atoms with Crippen molar-refractivity contribution in [3.8, 4) is 0 Å². The molecule has 1 heterocycles. The van der Waals surface area contributed by atoms with Gasteiger partial charge in [0.2, 0.25) is 5.91 Å². The van der Waals surface area contributed by atoms with Gasteiger partial charge in [-0.05, 0) is 13.3 Å². The van der Waals surface area contributed by atoms with Crippen molar-refractivity contribution in [2.45, 2.75) is 58.8 Å². The molecule has 0 spiro atoms. The SMILES string of the molecule is CCCCCCCCC(=O)NC(=O)c1cc([N+](=O)[O-])cnc1C. The van der Waals surface area contributed by atoms with Crippen LogP contribution in [0.2, 0.25) is 0 Å². The highest BCUT2D eigenvalue weighted by Gasteiger charge is 2.17. The molecule has 0 atom stereocenters. The minimum atomic E-state index is -0.644. The van der Waals surface area contributed by atoms with Gasteiger partial charge in [0.15, 0.2) is 0 Å². The lowest BCUT2D eigenvalue weighted by Gasteiger charge is -2.06. The first-order valence-corrected chi connectivity index (χ1v) is 7.91. The summed E-state index contributed by atoms with van der Waals surface area (Å²) < 4.78 is 0. The van der Waals surface area contributed by atoms with E-state index in [4.69, 9.17) is 0 Å². The fraction of sp³-hybridized carbons (Fsp3) is 0.562. The van der Waals surface area contributed by atoms with Crippen LogP contribution in [-0.2, 0) is 4.79 Å². The molecule has 1 aromatic heterocycles. The number of aryl methyl sites for hydroxylation is 1. The molecule has 23 heavy (non-hydrogen) atoms. The van der Waals surface area contributed by atoms with Crippen LogP contribution in [0.4, 0.5) is 5.69 Å². The van der Waals surface area contributed by atoms with Crippen molar-refractivity contribution >= 4 is 17.5 Å². The van der Waals surface area contributed by atoms with Crippen LogP contribution in [0.5, 0.6) is 0 Å². The van der Waals surface area contributed by atoms with E-state index in [2.05, 4.69) is 17.2 Å². The number of carbonyl (C=O) groups excluding carboxylic acids is 2. The summed E-state index contributed by atoms with van der Waals surface area (Å²) in [5.41, 5.74) is 0.125. The molecular weight excluding hydrogens is 298 g/mol. The number of aromatic nitrogens is 1. The molecule has 1 rings (SSSR count). The van der Waals surface area contributed by atoms with E-state index in [0.29, 0.717) is 5.69 Å². The van der Waals surface area contributed by atoms with Gasteiger partial charge < -0.3 is 0 Å². The van der Waals surface area contributed by atoms with Crippen LogP contribution in [0.25, 0.3) is 0 Å². The van der Waals surface area contributed by atoms with E-state index in [9.17, 15) is 19.7 Å². The molecule has 0 saturated heterocycles. The third-order valence-electron chi connectivity index (χ3n) is 3.54. The largest absolute Gasteiger partial charge is 0.292 e. The monoisotopic (exact) mass is 321 g/mol. The lowest BCUT2D eigenvalue weighted by Crippen LogP contribution is -2.31. The maximum Gasteiger partial charge on any atom is 0.288 e. The highest BCUT2D eigenvalue weighted by molar-refractivity contribution is 6.05. The second kappa shape index (κ2) is 9.66. The fourth-order valence-corrected chi connectivity index (χ4v) is 2.17. The zero-order valence-corrected chi connectivity index (χ0v) is 13.6. The number of imide groups is 1. The van der Waals surface area contributed by atoms with Gasteiger partial charge in [-0.25, -0.2) is 0 Å². The standard InChI is InChI=1S/C16H23N3O4/c1-3-4-5-6-7-8-9-15(20)18-16(21)14-10-13(19(22)23)11-17-12(14)2/h10-11H,3-9H2,1-2H3,(H,18,20,21). The van der Waals surface area contributed by atoms with Crippen molar-refractivity contribution in [2.75, 3.05) is 0 Å². The molecule has 7 heteroatoms. The third kappa shape index (κ3) is 6.54. The van der Waals surface area contributed by atoms with Crippen molar-refractivity contribution in [3.05, 3.63) is 33.6 Å². The second-order valence-corrected chi connectivity index (χ2v) is 5.48. The molecule has 1 N–H and O–H groups in total. The zero-order valence-electron chi connectivity index (χ0n) is 13.6. The predicted octanol–water partition coefficient (Wildman–Crippen LogP) is 3.31. The maximum atomic E-state index is 12.0. The van der Waals surface area contributed by atoms with E-state index >= 15 is 0 Å². The average Bonchev–Trinajstić information content (AvgIpc) is 2.50. The minimum Gasteiger partial charge on any atom is -0.292 e. The summed E-state index contributed by atoms with van der Waals surface area (Å²) in [5.74, 6) is -1.01. The number of nitrogens with one attached hydrogen (secondary N) is 1. The van der Waals surface area contributed by atoms with Gasteiger partial charge in [-0.2, -0.15) is 0 Å².